The number of rotatable bonds is 31. The normalized spacial score (nSPS) is 24.5. The second-order valence-electron chi connectivity index (χ2n) is 29.2. The number of aliphatic hydroxyl groups excluding tert-OH is 3. The fourth-order valence-corrected chi connectivity index (χ4v) is 17.9. The molecular weight excluding hydrogens is 1380 g/mol. The first-order valence-corrected chi connectivity index (χ1v) is 35.9. The van der Waals surface area contributed by atoms with Crippen LogP contribution in [-0.2, 0) is 62.5 Å². The monoisotopic (exact) mass is 1460 g/mol. The number of Topliss-reactive ketones (excluding diaryl/α,β-unsaturated/α-hetero) is 1. The van der Waals surface area contributed by atoms with E-state index in [2.05, 4.69) is 29.5 Å². The summed E-state index contributed by atoms with van der Waals surface area (Å²) < 4.78 is 32.4. The molecule has 3 aromatic heterocycles. The summed E-state index contributed by atoms with van der Waals surface area (Å²) in [5, 5.41) is 72.4. The fourth-order valence-electron chi connectivity index (χ4n) is 17.0. The molecule has 4 aliphatic carbocycles. The lowest BCUT2D eigenvalue weighted by atomic mass is 9.39. The zero-order chi connectivity index (χ0) is 74.7. The highest BCUT2D eigenvalue weighted by atomic mass is 32.1. The first-order valence-electron chi connectivity index (χ1n) is 35.0. The van der Waals surface area contributed by atoms with Crippen LogP contribution < -0.4 is 25.0 Å². The number of unbranched alkanes of at least 4 members (excludes halogenated alkanes) is 2. The number of anilines is 3. The summed E-state index contributed by atoms with van der Waals surface area (Å²) in [5.41, 5.74) is 3.59. The number of benzene rings is 3. The summed E-state index contributed by atoms with van der Waals surface area (Å²) >= 11 is 1.33. The molecule has 29 nitrogen and oxygen atoms in total. The number of hydrogen-bond donors (Lipinski definition) is 8. The summed E-state index contributed by atoms with van der Waals surface area (Å²) in [4.78, 5) is 128. The Morgan fingerprint density at radius 1 is 0.790 bits per heavy atom. The average Bonchev–Trinajstić information content (AvgIpc) is 1.46. The Bertz CT molecular complexity index is 4390. The minimum Gasteiger partial charge on any atom is -0.482 e. The lowest BCUT2D eigenvalue weighted by Crippen LogP contribution is -2.64. The number of carboxylic acids is 3. The van der Waals surface area contributed by atoms with Crippen LogP contribution >= 0.6 is 11.3 Å². The molecule has 1 saturated heterocycles. The number of hydrogen-bond acceptors (Lipinski definition) is 22. The van der Waals surface area contributed by atoms with Gasteiger partial charge in [0.2, 0.25) is 12.2 Å². The molecule has 3 aliphatic heterocycles. The Kier molecular flexibility index (Phi) is 22.1. The van der Waals surface area contributed by atoms with E-state index in [-0.39, 0.29) is 110 Å². The summed E-state index contributed by atoms with van der Waals surface area (Å²) in [5.74, 6) is -5.16. The minimum atomic E-state index is -1.98. The third-order valence-corrected chi connectivity index (χ3v) is 21.6. The molecule has 6 heterocycles. The van der Waals surface area contributed by atoms with Crippen LogP contribution in [0.5, 0.6) is 11.5 Å². The number of likely N-dealkylation sites (N-methyl/N-ethyl adjacent to an activating group) is 1. The molecule has 0 radical (unpaired) electrons. The number of aromatic nitrogens is 4. The summed E-state index contributed by atoms with van der Waals surface area (Å²) in [6.45, 7) is 7.61. The number of aliphatic hydroxyl groups is 3. The molecule has 7 atom stereocenters. The lowest BCUT2D eigenvalue weighted by molar-refractivity contribution is -0.271. The van der Waals surface area contributed by atoms with E-state index in [1.54, 1.807) is 55.7 Å². The van der Waals surface area contributed by atoms with Crippen molar-refractivity contribution in [2.24, 2.45) is 16.2 Å². The van der Waals surface area contributed by atoms with Gasteiger partial charge in [0.1, 0.15) is 48.0 Å². The van der Waals surface area contributed by atoms with Crippen molar-refractivity contribution in [1.29, 1.82) is 0 Å². The first-order chi connectivity index (χ1) is 50.1. The number of para-hydroxylation sites is 1. The van der Waals surface area contributed by atoms with Crippen molar-refractivity contribution in [2.45, 2.75) is 160 Å². The Labute approximate surface area is 607 Å². The van der Waals surface area contributed by atoms with Crippen molar-refractivity contribution in [3.63, 3.8) is 0 Å². The maximum atomic E-state index is 14.0. The number of thiazole rings is 1. The van der Waals surface area contributed by atoms with Gasteiger partial charge in [0, 0.05) is 99.1 Å². The zero-order valence-electron chi connectivity index (χ0n) is 58.6. The van der Waals surface area contributed by atoms with E-state index in [9.17, 15) is 73.8 Å². The minimum absolute atomic E-state index is 0.0425. The van der Waals surface area contributed by atoms with Gasteiger partial charge in [-0.25, -0.2) is 29.1 Å². The Morgan fingerprint density at radius 2 is 1.53 bits per heavy atom. The van der Waals surface area contributed by atoms with Gasteiger partial charge in [0.25, 0.3) is 17.7 Å². The Balaban J connectivity index is 0.658. The Morgan fingerprint density at radius 3 is 2.27 bits per heavy atom. The average molecular weight is 1460 g/mol. The molecule has 5 fully saturated rings. The largest absolute Gasteiger partial charge is 0.482 e. The van der Waals surface area contributed by atoms with Gasteiger partial charge in [-0.3, -0.25) is 38.9 Å². The van der Waals surface area contributed by atoms with Crippen LogP contribution in [0.2, 0.25) is 0 Å². The van der Waals surface area contributed by atoms with Crippen molar-refractivity contribution in [3.8, 4) is 22.6 Å². The number of amides is 5. The number of fused-ring (bicyclic) bond motifs is 2. The van der Waals surface area contributed by atoms with Crippen LogP contribution in [-0.4, -0.2) is 196 Å². The quantitative estimate of drug-likeness (QED) is 0.0150. The number of nitrogens with one attached hydrogen (secondary N) is 2. The molecule has 2 unspecified atom stereocenters. The molecule has 5 amide bonds. The Hall–Kier alpha value is -9.98. The first kappa shape index (κ1) is 74.7. The van der Waals surface area contributed by atoms with Gasteiger partial charge in [-0.05, 0) is 153 Å². The number of aliphatic carboxylic acids is 2. The van der Waals surface area contributed by atoms with E-state index in [1.807, 2.05) is 40.8 Å². The summed E-state index contributed by atoms with van der Waals surface area (Å²) in [6.07, 6.45) is 4.92. The summed E-state index contributed by atoms with van der Waals surface area (Å²) in [6, 6.07) is 18.7. The molecule has 7 aliphatic rings. The number of carbonyl (C=O) groups excluding carboxylic acids is 6. The van der Waals surface area contributed by atoms with Crippen LogP contribution in [0.4, 0.5) is 21.4 Å². The summed E-state index contributed by atoms with van der Waals surface area (Å²) in [7, 11) is 1.62. The molecule has 556 valence electrons. The van der Waals surface area contributed by atoms with Crippen molar-refractivity contribution in [3.05, 3.63) is 125 Å². The number of ketones is 1. The van der Waals surface area contributed by atoms with E-state index in [0.29, 0.717) is 88.9 Å². The molecule has 30 heteroatoms. The number of imide groups is 1. The third-order valence-electron chi connectivity index (χ3n) is 20.6. The van der Waals surface area contributed by atoms with Gasteiger partial charge in [0.05, 0.1) is 34.3 Å². The predicted molar refractivity (Wildman–Crippen MR) is 380 cm³/mol. The van der Waals surface area contributed by atoms with Crippen LogP contribution in [0.1, 0.15) is 141 Å². The fraction of sp³-hybridized carbons (Fsp3) is 0.467. The second-order valence-corrected chi connectivity index (χ2v) is 30.2. The highest BCUT2D eigenvalue weighted by molar-refractivity contribution is 7.22. The van der Waals surface area contributed by atoms with Crippen molar-refractivity contribution in [2.75, 3.05) is 62.0 Å². The van der Waals surface area contributed by atoms with Gasteiger partial charge in [-0.15, -0.1) is 0 Å². The van der Waals surface area contributed by atoms with Gasteiger partial charge in [-0.1, -0.05) is 55.9 Å². The van der Waals surface area contributed by atoms with Crippen molar-refractivity contribution < 1.29 is 97.5 Å². The molecule has 4 bridgehead atoms. The van der Waals surface area contributed by atoms with E-state index >= 15 is 0 Å². The number of carboxylic acid groups (broad SMARTS) is 3. The van der Waals surface area contributed by atoms with Crippen LogP contribution in [0.3, 0.4) is 0 Å². The van der Waals surface area contributed by atoms with Gasteiger partial charge in [-0.2, -0.15) is 5.10 Å². The van der Waals surface area contributed by atoms with Crippen LogP contribution in [0, 0.1) is 23.2 Å². The maximum Gasteiger partial charge on any atom is 0.409 e. The maximum absolute atomic E-state index is 14.0. The van der Waals surface area contributed by atoms with Crippen LogP contribution in [0.15, 0.2) is 91.2 Å². The number of pyridine rings is 1. The van der Waals surface area contributed by atoms with E-state index in [4.69, 9.17) is 33.8 Å². The van der Waals surface area contributed by atoms with E-state index in [1.165, 1.54) is 40.5 Å². The molecule has 4 saturated carbocycles. The van der Waals surface area contributed by atoms with Gasteiger partial charge in [0.15, 0.2) is 23.5 Å². The van der Waals surface area contributed by atoms with Gasteiger partial charge < -0.3 is 69.4 Å². The topological polar surface area (TPSA) is 399 Å². The van der Waals surface area contributed by atoms with Crippen molar-refractivity contribution >= 4 is 97.7 Å². The predicted octanol–water partition coefficient (Wildman–Crippen LogP) is 8.19. The highest BCUT2D eigenvalue weighted by Gasteiger charge is 2.66. The van der Waals surface area contributed by atoms with Gasteiger partial charge >= 0.3 is 24.0 Å². The van der Waals surface area contributed by atoms with Crippen LogP contribution in [0.25, 0.3) is 27.4 Å². The van der Waals surface area contributed by atoms with Crippen molar-refractivity contribution in [1.82, 2.24) is 29.5 Å². The second kappa shape index (κ2) is 31.0. The molecule has 0 spiro atoms. The molecule has 8 N–H and O–H groups in total. The van der Waals surface area contributed by atoms with E-state index < -0.39 is 78.7 Å². The smallest absolute Gasteiger partial charge is 0.409 e. The van der Waals surface area contributed by atoms with E-state index in [0.717, 1.165) is 59.3 Å². The SMILES string of the molecule is Cc1c(-c2ccc(N3CCc4c(OCC(=O)O)ccc(C(=O)Nc5nc6ccccc6s5)c4C3)nc2C(=O)O)cnn1CC12CC3(C)CC(C)(C1)CC(OCCN(C)C(=O)OC/C=C/c1ccc(O[C@@H]4O[C@H](C(=O)O)[C@@H](O)[C@H](O)[C@H]4O)c(NC(=O)CCCC(=O)CCCCCN4C(=O)C=CC4=O)c1)(C3)C2. The molecule has 3 aromatic carbocycles. The molecule has 6 aromatic rings. The number of aromatic carboxylic acids is 1. The number of nitrogens with zero attached hydrogens (tertiary/aromatic N) is 7. The molecular formula is C75H85N9O20S. The highest BCUT2D eigenvalue weighted by Crippen LogP contribution is 2.72. The third kappa shape index (κ3) is 16.9. The zero-order valence-corrected chi connectivity index (χ0v) is 59.4. The lowest BCUT2D eigenvalue weighted by Gasteiger charge is -2.69. The number of ether oxygens (including phenoxy) is 5. The molecule has 13 rings (SSSR count). The standard InChI is InChI=1S/C75H85N9O20S/c1-43-49(47-20-23-56(79-61(47)67(95)96)82-28-26-46-50(34-82)48(19-22-53(46)101-35-60(89)90)66(94)80-70-78-51-15-7-8-16-55(51)105-70)33-76-84(43)42-74-37-72(2)36-73(3,38-74)40-75(39-72,41-74)102-31-29-81(4)71(99)100-30-11-12-44-18-21-54(103-69-64(93)62(91)63(92)65(104-69)68(97)98)52(32-44)77-57(86)17-10-14-45(85)13-6-5-9-27-83-58(87)24-25-59(83)88/h7-8,11-12,15-16,18-25,32-33,62-65,69,91-93H,5-6,9-10,13-14,17,26-31,34-42H2,1-4H3,(H,77,86)(H,89,90)(H,95,96)(H,97,98)(H,78,80,94)/b12-11+/t62-,63-,64+,65-,69+,72?,73?,74?,75?/m0/s1. The number of carbonyl (C=O) groups is 9. The molecule has 105 heavy (non-hydrogen) atoms.